The lowest BCUT2D eigenvalue weighted by molar-refractivity contribution is 0.0943. The van der Waals surface area contributed by atoms with Crippen molar-refractivity contribution in [1.29, 1.82) is 0 Å². The lowest BCUT2D eigenvalue weighted by atomic mass is 10.0. The monoisotopic (exact) mass is 331 g/mol. The molecule has 0 aromatic carbocycles. The Morgan fingerprint density at radius 1 is 1.46 bits per heavy atom. The molecule has 6 heteroatoms. The molecule has 1 fully saturated rings. The first kappa shape index (κ1) is 16.9. The summed E-state index contributed by atoms with van der Waals surface area (Å²) in [6.45, 7) is 6.41. The molecule has 0 saturated heterocycles. The fourth-order valence-corrected chi connectivity index (χ4v) is 2.81. The van der Waals surface area contributed by atoms with Gasteiger partial charge >= 0.3 is 0 Å². The normalized spacial score (nSPS) is 15.9. The average Bonchev–Trinajstić information content (AvgIpc) is 3.32. The number of carbonyl (C=O) groups excluding carboxylic acids is 1. The van der Waals surface area contributed by atoms with Crippen molar-refractivity contribution < 1.29 is 14.4 Å². The summed E-state index contributed by atoms with van der Waals surface area (Å²) in [5.74, 6) is 0.418. The molecule has 1 unspecified atom stereocenters. The van der Waals surface area contributed by atoms with E-state index in [1.54, 1.807) is 0 Å². The maximum Gasteiger partial charge on any atom is 0.259 e. The number of hydrogen-bond acceptors (Lipinski definition) is 5. The summed E-state index contributed by atoms with van der Waals surface area (Å²) in [4.78, 5) is 17.3. The molecule has 0 radical (unpaired) electrons. The molecule has 6 nitrogen and oxygen atoms in total. The molecule has 0 spiro atoms. The van der Waals surface area contributed by atoms with E-state index in [1.165, 1.54) is 0 Å². The number of nitrogens with one attached hydrogen (secondary N) is 1. The summed E-state index contributed by atoms with van der Waals surface area (Å²) in [7, 11) is 0. The second-order valence-electron chi connectivity index (χ2n) is 6.88. The number of aliphatic hydroxyl groups is 1. The predicted molar refractivity (Wildman–Crippen MR) is 91.1 cm³/mol. The zero-order valence-corrected chi connectivity index (χ0v) is 14.5. The topological polar surface area (TPSA) is 88.2 Å². The van der Waals surface area contributed by atoms with Gasteiger partial charge in [-0.3, -0.25) is 4.79 Å². The lowest BCUT2D eigenvalue weighted by Gasteiger charge is -2.11. The minimum Gasteiger partial charge on any atom is -0.393 e. The zero-order chi connectivity index (χ0) is 17.3. The number of amides is 1. The number of fused-ring (bicyclic) bond motifs is 1. The fraction of sp³-hybridized carbons (Fsp3) is 0.611. The van der Waals surface area contributed by atoms with Gasteiger partial charge in [-0.05, 0) is 37.7 Å². The van der Waals surface area contributed by atoms with Gasteiger partial charge in [0.2, 0.25) is 0 Å². The van der Waals surface area contributed by atoms with Crippen molar-refractivity contribution in [2.75, 3.05) is 6.54 Å². The SMILES string of the molecule is CCC(O)CCNC(=O)c1cc(C2CC2)nc2onc(C(C)C)c12. The predicted octanol–water partition coefficient (Wildman–Crippen LogP) is 3.11. The second-order valence-corrected chi connectivity index (χ2v) is 6.88. The molecule has 130 valence electrons. The van der Waals surface area contributed by atoms with Crippen LogP contribution < -0.4 is 5.32 Å². The van der Waals surface area contributed by atoms with Gasteiger partial charge in [0.1, 0.15) is 0 Å². The summed E-state index contributed by atoms with van der Waals surface area (Å²) in [6, 6.07) is 1.88. The van der Waals surface area contributed by atoms with Crippen LogP contribution in [0.25, 0.3) is 11.1 Å². The van der Waals surface area contributed by atoms with Crippen molar-refractivity contribution in [1.82, 2.24) is 15.5 Å². The highest BCUT2D eigenvalue weighted by atomic mass is 16.5. The number of carbonyl (C=O) groups is 1. The Labute approximate surface area is 141 Å². The highest BCUT2D eigenvalue weighted by Crippen LogP contribution is 2.41. The molecule has 1 saturated carbocycles. The molecule has 24 heavy (non-hydrogen) atoms. The first-order chi connectivity index (χ1) is 11.5. The maximum atomic E-state index is 12.7. The molecule has 1 aliphatic rings. The minimum atomic E-state index is -0.383. The quantitative estimate of drug-likeness (QED) is 0.814. The van der Waals surface area contributed by atoms with Crippen LogP contribution in [0.15, 0.2) is 10.6 Å². The molecular weight excluding hydrogens is 306 g/mol. The lowest BCUT2D eigenvalue weighted by Crippen LogP contribution is -2.27. The van der Waals surface area contributed by atoms with Crippen LogP contribution in [-0.4, -0.2) is 33.8 Å². The third kappa shape index (κ3) is 3.43. The summed E-state index contributed by atoms with van der Waals surface area (Å²) in [5.41, 5.74) is 2.70. The van der Waals surface area contributed by atoms with Crippen LogP contribution in [0.3, 0.4) is 0 Å². The molecule has 0 bridgehead atoms. The molecule has 2 N–H and O–H groups in total. The number of aromatic nitrogens is 2. The number of rotatable bonds is 7. The van der Waals surface area contributed by atoms with Crippen molar-refractivity contribution in [3.05, 3.63) is 23.0 Å². The number of aliphatic hydroxyl groups excluding tert-OH is 1. The molecule has 0 aliphatic heterocycles. The third-order valence-corrected chi connectivity index (χ3v) is 4.51. The molecule has 1 amide bonds. The van der Waals surface area contributed by atoms with Gasteiger partial charge in [-0.15, -0.1) is 0 Å². The van der Waals surface area contributed by atoms with Gasteiger partial charge < -0.3 is 14.9 Å². The molecule has 2 heterocycles. The largest absolute Gasteiger partial charge is 0.393 e. The van der Waals surface area contributed by atoms with E-state index in [4.69, 9.17) is 4.52 Å². The highest BCUT2D eigenvalue weighted by Gasteiger charge is 2.29. The number of nitrogens with zero attached hydrogens (tertiary/aromatic N) is 2. The minimum absolute atomic E-state index is 0.147. The third-order valence-electron chi connectivity index (χ3n) is 4.51. The average molecular weight is 331 g/mol. The standard InChI is InChI=1S/C18H25N3O3/c1-4-12(22)7-8-19-17(23)13-9-14(11-5-6-11)20-18-15(13)16(10(2)3)21-24-18/h9-12,22H,4-8H2,1-3H3,(H,19,23). The van der Waals surface area contributed by atoms with Gasteiger partial charge in [-0.2, -0.15) is 0 Å². The van der Waals surface area contributed by atoms with E-state index < -0.39 is 0 Å². The van der Waals surface area contributed by atoms with Crippen LogP contribution in [0.2, 0.25) is 0 Å². The van der Waals surface area contributed by atoms with Crippen LogP contribution in [0.1, 0.15) is 80.0 Å². The van der Waals surface area contributed by atoms with E-state index in [9.17, 15) is 9.90 Å². The summed E-state index contributed by atoms with van der Waals surface area (Å²) in [5, 5.41) is 17.4. The Balaban J connectivity index is 1.91. The Kier molecular flexibility index (Phi) is 4.85. The Morgan fingerprint density at radius 3 is 2.83 bits per heavy atom. The Bertz CT molecular complexity index is 734. The van der Waals surface area contributed by atoms with E-state index >= 15 is 0 Å². The van der Waals surface area contributed by atoms with Crippen molar-refractivity contribution >= 4 is 17.0 Å². The van der Waals surface area contributed by atoms with Gasteiger partial charge in [0.25, 0.3) is 11.6 Å². The van der Waals surface area contributed by atoms with E-state index in [0.717, 1.165) is 24.2 Å². The van der Waals surface area contributed by atoms with Crippen molar-refractivity contribution in [2.45, 2.75) is 64.4 Å². The van der Waals surface area contributed by atoms with Gasteiger partial charge in [-0.25, -0.2) is 4.98 Å². The first-order valence-corrected chi connectivity index (χ1v) is 8.77. The summed E-state index contributed by atoms with van der Waals surface area (Å²) >= 11 is 0. The smallest absolute Gasteiger partial charge is 0.259 e. The molecule has 2 aromatic rings. The van der Waals surface area contributed by atoms with Crippen LogP contribution in [0.5, 0.6) is 0 Å². The molecular formula is C18H25N3O3. The van der Waals surface area contributed by atoms with E-state index in [1.807, 2.05) is 26.8 Å². The van der Waals surface area contributed by atoms with E-state index in [0.29, 0.717) is 42.0 Å². The number of pyridine rings is 1. The Morgan fingerprint density at radius 2 is 2.21 bits per heavy atom. The van der Waals surface area contributed by atoms with Crippen molar-refractivity contribution in [3.8, 4) is 0 Å². The first-order valence-electron chi connectivity index (χ1n) is 8.77. The maximum absolute atomic E-state index is 12.7. The molecule has 1 atom stereocenters. The fourth-order valence-electron chi connectivity index (χ4n) is 2.81. The van der Waals surface area contributed by atoms with E-state index in [-0.39, 0.29) is 17.9 Å². The van der Waals surface area contributed by atoms with E-state index in [2.05, 4.69) is 15.5 Å². The second kappa shape index (κ2) is 6.89. The Hall–Kier alpha value is -1.95. The van der Waals surface area contributed by atoms with Crippen LogP contribution in [0.4, 0.5) is 0 Å². The molecule has 2 aromatic heterocycles. The summed E-state index contributed by atoms with van der Waals surface area (Å²) in [6.07, 6.45) is 3.06. The van der Waals surface area contributed by atoms with Crippen molar-refractivity contribution in [3.63, 3.8) is 0 Å². The zero-order valence-electron chi connectivity index (χ0n) is 14.5. The van der Waals surface area contributed by atoms with Gasteiger partial charge in [0.05, 0.1) is 22.7 Å². The molecule has 1 aliphatic carbocycles. The van der Waals surface area contributed by atoms with Crippen molar-refractivity contribution in [2.24, 2.45) is 0 Å². The van der Waals surface area contributed by atoms with Gasteiger partial charge in [0, 0.05) is 18.2 Å². The van der Waals surface area contributed by atoms with Crippen LogP contribution in [-0.2, 0) is 0 Å². The highest BCUT2D eigenvalue weighted by molar-refractivity contribution is 6.06. The van der Waals surface area contributed by atoms with Gasteiger partial charge in [0.15, 0.2) is 0 Å². The number of hydrogen-bond donors (Lipinski definition) is 2. The van der Waals surface area contributed by atoms with Gasteiger partial charge in [-0.1, -0.05) is 25.9 Å². The van der Waals surface area contributed by atoms with Crippen LogP contribution in [0, 0.1) is 0 Å². The molecule has 3 rings (SSSR count). The van der Waals surface area contributed by atoms with Crippen LogP contribution >= 0.6 is 0 Å². The summed E-state index contributed by atoms with van der Waals surface area (Å²) < 4.78 is 5.40.